The summed E-state index contributed by atoms with van der Waals surface area (Å²) in [5.41, 5.74) is 1.82. The lowest BCUT2D eigenvalue weighted by Crippen LogP contribution is -2.12. The first kappa shape index (κ1) is 22.3. The molecule has 0 saturated heterocycles. The van der Waals surface area contributed by atoms with Gasteiger partial charge in [-0.3, -0.25) is 9.48 Å². The van der Waals surface area contributed by atoms with Crippen LogP contribution in [0.15, 0.2) is 65.1 Å². The standard InChI is InChI=1S/C23H18Cl3N3O3/c1-14-10-22(28-29(14)12-15-4-2-3-5-18(15)25)27-23(30)21-9-7-17(32-21)13-31-20-8-6-16(24)11-19(20)26/h2-11H,12-13H2,1H3,(H,27,28,30). The number of carbonyl (C=O) groups excluding carboxylic acids is 1. The first-order chi connectivity index (χ1) is 15.4. The number of hydrogen-bond acceptors (Lipinski definition) is 4. The summed E-state index contributed by atoms with van der Waals surface area (Å²) in [5.74, 6) is 1.09. The van der Waals surface area contributed by atoms with Crippen LogP contribution >= 0.6 is 34.8 Å². The molecule has 164 valence electrons. The van der Waals surface area contributed by atoms with E-state index in [1.54, 1.807) is 41.1 Å². The Morgan fingerprint density at radius 3 is 2.66 bits per heavy atom. The highest BCUT2D eigenvalue weighted by Crippen LogP contribution is 2.28. The fraction of sp³-hybridized carbons (Fsp3) is 0.130. The van der Waals surface area contributed by atoms with E-state index < -0.39 is 5.91 Å². The normalized spacial score (nSPS) is 10.9. The number of anilines is 1. The number of benzene rings is 2. The van der Waals surface area contributed by atoms with Gasteiger partial charge in [-0.1, -0.05) is 53.0 Å². The molecule has 2 aromatic carbocycles. The van der Waals surface area contributed by atoms with Crippen molar-refractivity contribution in [1.82, 2.24) is 9.78 Å². The third-order valence-corrected chi connectivity index (χ3v) is 5.55. The Balaban J connectivity index is 1.38. The first-order valence-electron chi connectivity index (χ1n) is 9.65. The Labute approximate surface area is 199 Å². The van der Waals surface area contributed by atoms with Crippen LogP contribution < -0.4 is 10.1 Å². The molecule has 0 aliphatic heterocycles. The smallest absolute Gasteiger partial charge is 0.292 e. The molecule has 2 aromatic heterocycles. The largest absolute Gasteiger partial charge is 0.484 e. The molecule has 0 aliphatic carbocycles. The van der Waals surface area contributed by atoms with Crippen LogP contribution in [0.2, 0.25) is 15.1 Å². The zero-order valence-electron chi connectivity index (χ0n) is 16.9. The number of amides is 1. The van der Waals surface area contributed by atoms with E-state index in [2.05, 4.69) is 10.4 Å². The molecule has 0 atom stereocenters. The van der Waals surface area contributed by atoms with E-state index in [9.17, 15) is 4.79 Å². The third kappa shape index (κ3) is 5.27. The van der Waals surface area contributed by atoms with E-state index in [1.807, 2.05) is 31.2 Å². The zero-order chi connectivity index (χ0) is 22.7. The molecule has 32 heavy (non-hydrogen) atoms. The number of ether oxygens (including phenoxy) is 1. The highest BCUT2D eigenvalue weighted by molar-refractivity contribution is 6.35. The number of aryl methyl sites for hydroxylation is 1. The lowest BCUT2D eigenvalue weighted by Gasteiger charge is -2.06. The molecule has 4 rings (SSSR count). The highest BCUT2D eigenvalue weighted by Gasteiger charge is 2.15. The first-order valence-corrected chi connectivity index (χ1v) is 10.8. The van der Waals surface area contributed by atoms with Crippen molar-refractivity contribution >= 4 is 46.5 Å². The lowest BCUT2D eigenvalue weighted by molar-refractivity contribution is 0.0992. The molecule has 2 heterocycles. The van der Waals surface area contributed by atoms with Gasteiger partial charge in [0.1, 0.15) is 18.1 Å². The van der Waals surface area contributed by atoms with Crippen molar-refractivity contribution in [3.63, 3.8) is 0 Å². The number of rotatable bonds is 7. The predicted octanol–water partition coefficient (Wildman–Crippen LogP) is 6.62. The van der Waals surface area contributed by atoms with Gasteiger partial charge in [0.05, 0.1) is 11.6 Å². The maximum absolute atomic E-state index is 12.6. The Morgan fingerprint density at radius 1 is 1.06 bits per heavy atom. The van der Waals surface area contributed by atoms with Crippen LogP contribution in [-0.4, -0.2) is 15.7 Å². The predicted molar refractivity (Wildman–Crippen MR) is 125 cm³/mol. The Hall–Kier alpha value is -2.93. The van der Waals surface area contributed by atoms with Crippen molar-refractivity contribution in [2.24, 2.45) is 0 Å². The Morgan fingerprint density at radius 2 is 1.88 bits per heavy atom. The summed E-state index contributed by atoms with van der Waals surface area (Å²) in [4.78, 5) is 12.6. The lowest BCUT2D eigenvalue weighted by atomic mass is 10.2. The number of hydrogen-bond donors (Lipinski definition) is 1. The molecule has 0 spiro atoms. The quantitative estimate of drug-likeness (QED) is 0.316. The molecule has 0 aliphatic rings. The van der Waals surface area contributed by atoms with Crippen LogP contribution in [0.3, 0.4) is 0 Å². The van der Waals surface area contributed by atoms with Gasteiger partial charge in [0, 0.05) is 21.8 Å². The number of furan rings is 1. The molecule has 9 heteroatoms. The van der Waals surface area contributed by atoms with E-state index in [-0.39, 0.29) is 12.4 Å². The van der Waals surface area contributed by atoms with E-state index in [4.69, 9.17) is 44.0 Å². The summed E-state index contributed by atoms with van der Waals surface area (Å²) >= 11 is 18.2. The van der Waals surface area contributed by atoms with Gasteiger partial charge in [-0.25, -0.2) is 0 Å². The van der Waals surface area contributed by atoms with Gasteiger partial charge in [-0.2, -0.15) is 5.10 Å². The van der Waals surface area contributed by atoms with Crippen molar-refractivity contribution in [3.8, 4) is 5.75 Å². The van der Waals surface area contributed by atoms with Gasteiger partial charge >= 0.3 is 0 Å². The van der Waals surface area contributed by atoms with Crippen molar-refractivity contribution < 1.29 is 13.9 Å². The number of halogens is 3. The monoisotopic (exact) mass is 489 g/mol. The van der Waals surface area contributed by atoms with Crippen LogP contribution in [0.1, 0.15) is 27.6 Å². The summed E-state index contributed by atoms with van der Waals surface area (Å²) in [5, 5.41) is 8.77. The van der Waals surface area contributed by atoms with E-state index in [0.717, 1.165) is 11.3 Å². The molecular weight excluding hydrogens is 473 g/mol. The summed E-state index contributed by atoms with van der Waals surface area (Å²) in [7, 11) is 0. The van der Waals surface area contributed by atoms with Gasteiger partial charge in [0.2, 0.25) is 0 Å². The van der Waals surface area contributed by atoms with Gasteiger partial charge in [-0.05, 0) is 48.9 Å². The minimum atomic E-state index is -0.414. The summed E-state index contributed by atoms with van der Waals surface area (Å²) in [6, 6.07) is 17.5. The van der Waals surface area contributed by atoms with E-state index in [1.165, 1.54) is 0 Å². The van der Waals surface area contributed by atoms with Crippen LogP contribution in [0.25, 0.3) is 0 Å². The topological polar surface area (TPSA) is 69.3 Å². The summed E-state index contributed by atoms with van der Waals surface area (Å²) in [6.07, 6.45) is 0. The molecule has 1 N–H and O–H groups in total. The number of nitrogens with one attached hydrogen (secondary N) is 1. The molecule has 0 unspecified atom stereocenters. The molecular formula is C23H18Cl3N3O3. The molecule has 0 saturated carbocycles. The second kappa shape index (κ2) is 9.69. The maximum Gasteiger partial charge on any atom is 0.292 e. The number of carbonyl (C=O) groups is 1. The van der Waals surface area contributed by atoms with E-state index in [0.29, 0.717) is 38.9 Å². The second-order valence-electron chi connectivity index (χ2n) is 7.00. The van der Waals surface area contributed by atoms with Gasteiger partial charge in [-0.15, -0.1) is 0 Å². The maximum atomic E-state index is 12.6. The number of aromatic nitrogens is 2. The van der Waals surface area contributed by atoms with Crippen molar-refractivity contribution in [2.45, 2.75) is 20.1 Å². The fourth-order valence-corrected chi connectivity index (χ4v) is 3.67. The minimum absolute atomic E-state index is 0.111. The molecule has 6 nitrogen and oxygen atoms in total. The van der Waals surface area contributed by atoms with Crippen molar-refractivity contribution in [3.05, 3.63) is 98.5 Å². The van der Waals surface area contributed by atoms with Crippen LogP contribution in [-0.2, 0) is 13.2 Å². The number of nitrogens with zero attached hydrogens (tertiary/aromatic N) is 2. The average Bonchev–Trinajstić information content (AvgIpc) is 3.36. The van der Waals surface area contributed by atoms with Crippen molar-refractivity contribution in [1.29, 1.82) is 0 Å². The SMILES string of the molecule is Cc1cc(NC(=O)c2ccc(COc3ccc(Cl)cc3Cl)o2)nn1Cc1ccccc1Cl. The molecule has 0 fully saturated rings. The van der Waals surface area contributed by atoms with Crippen LogP contribution in [0.5, 0.6) is 5.75 Å². The molecule has 0 bridgehead atoms. The molecule has 1 amide bonds. The molecule has 4 aromatic rings. The van der Waals surface area contributed by atoms with Gasteiger partial charge in [0.25, 0.3) is 5.91 Å². The van der Waals surface area contributed by atoms with Gasteiger partial charge < -0.3 is 14.5 Å². The average molecular weight is 491 g/mol. The van der Waals surface area contributed by atoms with Crippen LogP contribution in [0, 0.1) is 6.92 Å². The summed E-state index contributed by atoms with van der Waals surface area (Å²) in [6.45, 7) is 2.51. The van der Waals surface area contributed by atoms with Crippen molar-refractivity contribution in [2.75, 3.05) is 5.32 Å². The minimum Gasteiger partial charge on any atom is -0.484 e. The van der Waals surface area contributed by atoms with Gasteiger partial charge in [0.15, 0.2) is 11.6 Å². The second-order valence-corrected chi connectivity index (χ2v) is 8.25. The zero-order valence-corrected chi connectivity index (χ0v) is 19.2. The molecule has 0 radical (unpaired) electrons. The summed E-state index contributed by atoms with van der Waals surface area (Å²) < 4.78 is 13.0. The highest BCUT2D eigenvalue weighted by atomic mass is 35.5. The third-order valence-electron chi connectivity index (χ3n) is 4.65. The fourth-order valence-electron chi connectivity index (χ4n) is 3.02. The Bertz CT molecular complexity index is 1270. The van der Waals surface area contributed by atoms with E-state index >= 15 is 0 Å². The Kier molecular flexibility index (Phi) is 6.74. The van der Waals surface area contributed by atoms with Crippen LogP contribution in [0.4, 0.5) is 5.82 Å².